The Morgan fingerprint density at radius 2 is 1.89 bits per heavy atom. The van der Waals surface area contributed by atoms with Crippen LogP contribution in [0.5, 0.6) is 0 Å². The van der Waals surface area contributed by atoms with Gasteiger partial charge in [-0.3, -0.25) is 4.90 Å². The summed E-state index contributed by atoms with van der Waals surface area (Å²) in [5.41, 5.74) is 0.782. The third kappa shape index (κ3) is 5.20. The molecular formula is C25H34ClN7O3. The number of anilines is 2. The number of ether oxygens (including phenoxy) is 1. The van der Waals surface area contributed by atoms with Crippen molar-refractivity contribution in [2.45, 2.75) is 83.0 Å². The van der Waals surface area contributed by atoms with Gasteiger partial charge in [0.15, 0.2) is 0 Å². The third-order valence-electron chi connectivity index (χ3n) is 7.20. The Labute approximate surface area is 216 Å². The zero-order valence-electron chi connectivity index (χ0n) is 21.1. The Hall–Kier alpha value is -2.72. The van der Waals surface area contributed by atoms with E-state index in [1.54, 1.807) is 17.3 Å². The lowest BCUT2D eigenvalue weighted by atomic mass is 9.77. The van der Waals surface area contributed by atoms with Gasteiger partial charge in [0.2, 0.25) is 5.95 Å². The minimum atomic E-state index is -0.575. The van der Waals surface area contributed by atoms with Crippen LogP contribution in [0.2, 0.25) is 5.02 Å². The van der Waals surface area contributed by atoms with E-state index in [1.165, 1.54) is 0 Å². The Balaban J connectivity index is 1.36. The third-order valence-corrected chi connectivity index (χ3v) is 7.40. The minimum Gasteiger partial charge on any atom is -0.444 e. The molecule has 2 N–H and O–H groups in total. The molecule has 0 radical (unpaired) electrons. The van der Waals surface area contributed by atoms with E-state index in [-0.39, 0.29) is 24.2 Å². The summed E-state index contributed by atoms with van der Waals surface area (Å²) < 4.78 is 5.60. The predicted molar refractivity (Wildman–Crippen MR) is 136 cm³/mol. The van der Waals surface area contributed by atoms with E-state index < -0.39 is 5.60 Å². The maximum atomic E-state index is 12.8. The number of aromatic nitrogens is 4. The van der Waals surface area contributed by atoms with Crippen molar-refractivity contribution in [3.8, 4) is 0 Å². The number of amides is 1. The summed E-state index contributed by atoms with van der Waals surface area (Å²) in [5, 5.41) is 14.1. The maximum absolute atomic E-state index is 12.8. The molecule has 0 bridgehead atoms. The number of aliphatic hydroxyl groups excluding tert-OH is 1. The number of carbonyl (C=O) groups excluding carboxylic acids is 1. The summed E-state index contributed by atoms with van der Waals surface area (Å²) >= 11 is 5.94. The van der Waals surface area contributed by atoms with E-state index in [0.29, 0.717) is 29.9 Å². The molecule has 0 atom stereocenters. The summed E-state index contributed by atoms with van der Waals surface area (Å²) in [7, 11) is 0. The first-order valence-electron chi connectivity index (χ1n) is 12.6. The Morgan fingerprint density at radius 1 is 1.19 bits per heavy atom. The molecule has 10 nitrogen and oxygen atoms in total. The van der Waals surface area contributed by atoms with Crippen LogP contribution in [0, 0.1) is 0 Å². The lowest BCUT2D eigenvalue weighted by Crippen LogP contribution is -2.49. The van der Waals surface area contributed by atoms with E-state index in [2.05, 4.69) is 20.2 Å². The number of fused-ring (bicyclic) bond motifs is 1. The van der Waals surface area contributed by atoms with Crippen molar-refractivity contribution in [1.29, 1.82) is 0 Å². The van der Waals surface area contributed by atoms with Crippen LogP contribution in [0.15, 0.2) is 12.4 Å². The Bertz CT molecular complexity index is 1100. The van der Waals surface area contributed by atoms with E-state index >= 15 is 0 Å². The van der Waals surface area contributed by atoms with E-state index in [0.717, 1.165) is 62.3 Å². The lowest BCUT2D eigenvalue weighted by Gasteiger charge is -2.42. The van der Waals surface area contributed by atoms with Crippen molar-refractivity contribution < 1.29 is 14.6 Å². The highest BCUT2D eigenvalue weighted by Gasteiger charge is 2.39. The SMILES string of the molecule is CC(C)(C)OC(=O)N1Cc2nc(N3CCC(c4ncc(Cl)cn4)CC3)nc(NC3(CO)CCC3)c2C1. The molecular weight excluding hydrogens is 482 g/mol. The molecule has 1 aliphatic carbocycles. The number of hydrogen-bond donors (Lipinski definition) is 2. The highest BCUT2D eigenvalue weighted by Crippen LogP contribution is 2.38. The highest BCUT2D eigenvalue weighted by atomic mass is 35.5. The molecule has 1 saturated carbocycles. The fourth-order valence-corrected chi connectivity index (χ4v) is 5.09. The van der Waals surface area contributed by atoms with Crippen LogP contribution in [0.3, 0.4) is 0 Å². The summed E-state index contributed by atoms with van der Waals surface area (Å²) in [4.78, 5) is 35.3. The molecule has 0 unspecified atom stereocenters. The monoisotopic (exact) mass is 515 g/mol. The van der Waals surface area contributed by atoms with Crippen LogP contribution < -0.4 is 10.2 Å². The molecule has 5 rings (SSSR count). The van der Waals surface area contributed by atoms with Crippen LogP contribution in [0.4, 0.5) is 16.6 Å². The highest BCUT2D eigenvalue weighted by molar-refractivity contribution is 6.30. The Morgan fingerprint density at radius 3 is 2.47 bits per heavy atom. The van der Waals surface area contributed by atoms with Gasteiger partial charge in [-0.1, -0.05) is 11.6 Å². The van der Waals surface area contributed by atoms with Crippen LogP contribution in [0.25, 0.3) is 0 Å². The first-order chi connectivity index (χ1) is 17.1. The maximum Gasteiger partial charge on any atom is 0.410 e. The number of nitrogens with zero attached hydrogens (tertiary/aromatic N) is 6. The van der Waals surface area contributed by atoms with Crippen molar-refractivity contribution in [2.75, 3.05) is 29.9 Å². The van der Waals surface area contributed by atoms with E-state index in [9.17, 15) is 9.90 Å². The van der Waals surface area contributed by atoms with Gasteiger partial charge in [-0.05, 0) is 52.9 Å². The largest absolute Gasteiger partial charge is 0.444 e. The number of nitrogens with one attached hydrogen (secondary N) is 1. The average molecular weight is 516 g/mol. The molecule has 1 amide bonds. The molecule has 194 valence electrons. The summed E-state index contributed by atoms with van der Waals surface area (Å²) in [6, 6.07) is 0. The van der Waals surface area contributed by atoms with Gasteiger partial charge in [-0.2, -0.15) is 4.98 Å². The molecule has 0 aromatic carbocycles. The van der Waals surface area contributed by atoms with Crippen molar-refractivity contribution in [1.82, 2.24) is 24.8 Å². The molecule has 0 spiro atoms. The summed E-state index contributed by atoms with van der Waals surface area (Å²) in [5.74, 6) is 2.43. The molecule has 2 aromatic heterocycles. The van der Waals surface area contributed by atoms with Crippen LogP contribution in [-0.2, 0) is 17.8 Å². The zero-order valence-corrected chi connectivity index (χ0v) is 21.9. The lowest BCUT2D eigenvalue weighted by molar-refractivity contribution is 0.0241. The van der Waals surface area contributed by atoms with Crippen molar-refractivity contribution in [3.63, 3.8) is 0 Å². The van der Waals surface area contributed by atoms with Crippen LogP contribution >= 0.6 is 11.6 Å². The minimum absolute atomic E-state index is 0.0450. The van der Waals surface area contributed by atoms with Gasteiger partial charge in [0.1, 0.15) is 17.2 Å². The zero-order chi connectivity index (χ0) is 25.5. The van der Waals surface area contributed by atoms with Crippen molar-refractivity contribution >= 4 is 29.5 Å². The second-order valence-corrected chi connectivity index (χ2v) is 11.5. The van der Waals surface area contributed by atoms with Crippen LogP contribution in [0.1, 0.15) is 75.9 Å². The smallest absolute Gasteiger partial charge is 0.410 e. The number of carbonyl (C=O) groups is 1. The average Bonchev–Trinajstić information content (AvgIpc) is 3.26. The molecule has 1 saturated heterocycles. The summed E-state index contributed by atoms with van der Waals surface area (Å²) in [6.07, 6.45) is 7.54. The summed E-state index contributed by atoms with van der Waals surface area (Å²) in [6.45, 7) is 7.92. The van der Waals surface area contributed by atoms with Crippen molar-refractivity contribution in [2.24, 2.45) is 0 Å². The second kappa shape index (κ2) is 9.63. The first-order valence-corrected chi connectivity index (χ1v) is 13.0. The topological polar surface area (TPSA) is 117 Å². The standard InChI is InChI=1S/C25H34ClN7O3/c1-24(2,3)36-23(35)33-13-18-19(14-33)29-22(30-21(18)31-25(15-34)7-4-8-25)32-9-5-16(6-10-32)20-27-11-17(26)12-28-20/h11-12,16,34H,4-10,13-15H2,1-3H3,(H,29,30,31). The molecule has 2 aliphatic heterocycles. The molecule has 2 fully saturated rings. The van der Waals surface area contributed by atoms with Crippen molar-refractivity contribution in [3.05, 3.63) is 34.5 Å². The molecule has 2 aromatic rings. The van der Waals surface area contributed by atoms with Crippen LogP contribution in [-0.4, -0.2) is 66.9 Å². The van der Waals surface area contributed by atoms with Gasteiger partial charge in [-0.25, -0.2) is 19.7 Å². The van der Waals surface area contributed by atoms with Gasteiger partial charge in [0.25, 0.3) is 0 Å². The fourth-order valence-electron chi connectivity index (χ4n) is 4.99. The first kappa shape index (κ1) is 25.0. The molecule has 36 heavy (non-hydrogen) atoms. The Kier molecular flexibility index (Phi) is 6.67. The van der Waals surface area contributed by atoms with E-state index in [1.807, 2.05) is 20.8 Å². The predicted octanol–water partition coefficient (Wildman–Crippen LogP) is 3.88. The van der Waals surface area contributed by atoms with Gasteiger partial charge in [0.05, 0.1) is 36.0 Å². The molecule has 11 heteroatoms. The number of piperidine rings is 1. The number of aliphatic hydroxyl groups is 1. The molecule has 4 heterocycles. The second-order valence-electron chi connectivity index (χ2n) is 11.1. The quantitative estimate of drug-likeness (QED) is 0.611. The fraction of sp³-hybridized carbons (Fsp3) is 0.640. The van der Waals surface area contributed by atoms with Gasteiger partial charge >= 0.3 is 6.09 Å². The number of rotatable bonds is 5. The van der Waals surface area contributed by atoms with Gasteiger partial charge < -0.3 is 20.1 Å². The number of halogens is 1. The van der Waals surface area contributed by atoms with Gasteiger partial charge in [0, 0.05) is 37.0 Å². The number of hydrogen-bond acceptors (Lipinski definition) is 9. The van der Waals surface area contributed by atoms with Gasteiger partial charge in [-0.15, -0.1) is 0 Å². The van der Waals surface area contributed by atoms with E-state index in [4.69, 9.17) is 26.3 Å². The normalized spacial score (nSPS) is 19.6. The molecule has 3 aliphatic rings.